The van der Waals surface area contributed by atoms with E-state index in [1.807, 2.05) is 26.0 Å². The monoisotopic (exact) mass is 269 g/mol. The van der Waals surface area contributed by atoms with Crippen LogP contribution in [-0.4, -0.2) is 42.1 Å². The zero-order valence-electron chi connectivity index (χ0n) is 12.0. The van der Waals surface area contributed by atoms with Crippen molar-refractivity contribution in [2.24, 2.45) is 0 Å². The second-order valence-corrected chi connectivity index (χ2v) is 5.01. The molecule has 1 aromatic heterocycles. The number of aryl methyl sites for hydroxylation is 1. The van der Waals surface area contributed by atoms with Crippen LogP contribution in [0.3, 0.4) is 0 Å². The zero-order chi connectivity index (χ0) is 14.5. The Kier molecular flexibility index (Phi) is 4.55. The van der Waals surface area contributed by atoms with Crippen LogP contribution in [0.25, 0.3) is 0 Å². The Bertz CT molecular complexity index is 546. The molecule has 2 rings (SSSR count). The summed E-state index contributed by atoms with van der Waals surface area (Å²) in [4.78, 5) is 8.85. The summed E-state index contributed by atoms with van der Waals surface area (Å²) in [5.41, 5.74) is 1.54. The van der Waals surface area contributed by atoms with Crippen molar-refractivity contribution in [3.8, 4) is 12.1 Å². The number of nitriles is 2. The number of piperazine rings is 1. The Labute approximate surface area is 120 Å². The lowest BCUT2D eigenvalue weighted by Gasteiger charge is -2.37. The maximum absolute atomic E-state index is 9.19. The van der Waals surface area contributed by atoms with Gasteiger partial charge >= 0.3 is 0 Å². The van der Waals surface area contributed by atoms with E-state index in [0.717, 1.165) is 44.1 Å². The second kappa shape index (κ2) is 6.36. The van der Waals surface area contributed by atoms with Crippen LogP contribution < -0.4 is 4.90 Å². The van der Waals surface area contributed by atoms with Gasteiger partial charge in [-0.25, -0.2) is 4.98 Å². The Hall–Kier alpha value is -2.11. The van der Waals surface area contributed by atoms with E-state index < -0.39 is 0 Å². The molecule has 0 aliphatic carbocycles. The quantitative estimate of drug-likeness (QED) is 0.835. The number of hydrogen-bond donors (Lipinski definition) is 0. The third-order valence-electron chi connectivity index (χ3n) is 3.73. The van der Waals surface area contributed by atoms with Crippen LogP contribution in [0.4, 0.5) is 5.82 Å². The van der Waals surface area contributed by atoms with Gasteiger partial charge in [0.1, 0.15) is 11.9 Å². The standard InChI is InChI=1S/C15H19N5/c1-3-14(11-17)19-6-8-20(9-7-19)15-13(10-16)5-4-12(2)18-15/h4-5,14H,3,6-9H2,1-2H3. The van der Waals surface area contributed by atoms with Gasteiger partial charge in [0.05, 0.1) is 17.7 Å². The molecule has 0 spiro atoms. The van der Waals surface area contributed by atoms with E-state index >= 15 is 0 Å². The molecule has 0 saturated carbocycles. The van der Waals surface area contributed by atoms with Crippen molar-refractivity contribution in [3.63, 3.8) is 0 Å². The van der Waals surface area contributed by atoms with Crippen molar-refractivity contribution in [1.82, 2.24) is 9.88 Å². The highest BCUT2D eigenvalue weighted by Crippen LogP contribution is 2.20. The first kappa shape index (κ1) is 14.3. The molecule has 1 unspecified atom stereocenters. The Morgan fingerprint density at radius 1 is 1.25 bits per heavy atom. The SMILES string of the molecule is CCC(C#N)N1CCN(c2nc(C)ccc2C#N)CC1. The molecule has 0 radical (unpaired) electrons. The van der Waals surface area contributed by atoms with E-state index in [0.29, 0.717) is 5.56 Å². The van der Waals surface area contributed by atoms with Gasteiger partial charge in [0, 0.05) is 31.9 Å². The third kappa shape index (κ3) is 2.89. The summed E-state index contributed by atoms with van der Waals surface area (Å²) < 4.78 is 0. The fourth-order valence-electron chi connectivity index (χ4n) is 2.55. The van der Waals surface area contributed by atoms with Crippen molar-refractivity contribution >= 4 is 5.82 Å². The first-order valence-corrected chi connectivity index (χ1v) is 6.96. The molecule has 1 aromatic rings. The van der Waals surface area contributed by atoms with Crippen molar-refractivity contribution in [2.75, 3.05) is 31.1 Å². The van der Waals surface area contributed by atoms with E-state index in [1.165, 1.54) is 0 Å². The van der Waals surface area contributed by atoms with Crippen LogP contribution in [0, 0.1) is 29.6 Å². The third-order valence-corrected chi connectivity index (χ3v) is 3.73. The summed E-state index contributed by atoms with van der Waals surface area (Å²) in [5, 5.41) is 18.3. The summed E-state index contributed by atoms with van der Waals surface area (Å²) in [7, 11) is 0. The van der Waals surface area contributed by atoms with Crippen molar-refractivity contribution in [3.05, 3.63) is 23.4 Å². The second-order valence-electron chi connectivity index (χ2n) is 5.01. The maximum Gasteiger partial charge on any atom is 0.146 e. The minimum atomic E-state index is -0.00180. The average Bonchev–Trinajstić information content (AvgIpc) is 2.49. The van der Waals surface area contributed by atoms with Gasteiger partial charge in [-0.1, -0.05) is 6.92 Å². The molecule has 1 saturated heterocycles. The van der Waals surface area contributed by atoms with E-state index in [9.17, 15) is 5.26 Å². The van der Waals surface area contributed by atoms with Gasteiger partial charge in [0.2, 0.25) is 0 Å². The molecule has 1 aliphatic heterocycles. The molecule has 5 heteroatoms. The molecular weight excluding hydrogens is 250 g/mol. The molecule has 5 nitrogen and oxygen atoms in total. The summed E-state index contributed by atoms with van der Waals surface area (Å²) >= 11 is 0. The summed E-state index contributed by atoms with van der Waals surface area (Å²) in [6, 6.07) is 8.24. The summed E-state index contributed by atoms with van der Waals surface area (Å²) in [6.07, 6.45) is 0.850. The molecule has 1 atom stereocenters. The molecule has 1 fully saturated rings. The predicted octanol–water partition coefficient (Wildman–Crippen LogP) is 1.69. The lowest BCUT2D eigenvalue weighted by atomic mass is 10.1. The Morgan fingerprint density at radius 2 is 1.95 bits per heavy atom. The molecule has 20 heavy (non-hydrogen) atoms. The first-order chi connectivity index (χ1) is 9.69. The normalized spacial score (nSPS) is 17.3. The predicted molar refractivity (Wildman–Crippen MR) is 77.2 cm³/mol. The van der Waals surface area contributed by atoms with Gasteiger partial charge in [-0.15, -0.1) is 0 Å². The Morgan fingerprint density at radius 3 is 2.50 bits per heavy atom. The smallest absolute Gasteiger partial charge is 0.146 e. The molecule has 0 N–H and O–H groups in total. The van der Waals surface area contributed by atoms with Crippen molar-refractivity contribution < 1.29 is 0 Å². The number of rotatable bonds is 3. The molecular formula is C15H19N5. The Balaban J connectivity index is 2.10. The lowest BCUT2D eigenvalue weighted by Crippen LogP contribution is -2.50. The largest absolute Gasteiger partial charge is 0.353 e. The van der Waals surface area contributed by atoms with Gasteiger partial charge in [0.25, 0.3) is 0 Å². The summed E-state index contributed by atoms with van der Waals surface area (Å²) in [5.74, 6) is 0.775. The van der Waals surface area contributed by atoms with E-state index in [-0.39, 0.29) is 6.04 Å². The highest BCUT2D eigenvalue weighted by Gasteiger charge is 2.24. The first-order valence-electron chi connectivity index (χ1n) is 6.96. The van der Waals surface area contributed by atoms with Gasteiger partial charge in [-0.2, -0.15) is 10.5 Å². The average molecular weight is 269 g/mol. The van der Waals surface area contributed by atoms with Crippen LogP contribution in [0.15, 0.2) is 12.1 Å². The fourth-order valence-corrected chi connectivity index (χ4v) is 2.55. The topological polar surface area (TPSA) is 67.0 Å². The minimum absolute atomic E-state index is 0.00180. The number of aromatic nitrogens is 1. The highest BCUT2D eigenvalue weighted by molar-refractivity contribution is 5.54. The summed E-state index contributed by atoms with van der Waals surface area (Å²) in [6.45, 7) is 7.27. The van der Waals surface area contributed by atoms with Gasteiger partial charge < -0.3 is 4.90 Å². The molecule has 1 aliphatic rings. The minimum Gasteiger partial charge on any atom is -0.353 e. The molecule has 0 aromatic carbocycles. The van der Waals surface area contributed by atoms with Gasteiger partial charge in [0.15, 0.2) is 0 Å². The van der Waals surface area contributed by atoms with Crippen LogP contribution in [0.1, 0.15) is 24.6 Å². The lowest BCUT2D eigenvalue weighted by molar-refractivity contribution is 0.216. The molecule has 2 heterocycles. The van der Waals surface area contributed by atoms with Crippen LogP contribution in [0.2, 0.25) is 0 Å². The van der Waals surface area contributed by atoms with Crippen LogP contribution in [0.5, 0.6) is 0 Å². The molecule has 0 bridgehead atoms. The molecule has 104 valence electrons. The number of anilines is 1. The number of hydrogen-bond acceptors (Lipinski definition) is 5. The van der Waals surface area contributed by atoms with Crippen LogP contribution >= 0.6 is 0 Å². The maximum atomic E-state index is 9.19. The highest BCUT2D eigenvalue weighted by atomic mass is 15.3. The van der Waals surface area contributed by atoms with Crippen molar-refractivity contribution in [2.45, 2.75) is 26.3 Å². The van der Waals surface area contributed by atoms with E-state index in [1.54, 1.807) is 0 Å². The van der Waals surface area contributed by atoms with Gasteiger partial charge in [-0.05, 0) is 25.5 Å². The molecule has 0 amide bonds. The van der Waals surface area contributed by atoms with Gasteiger partial charge in [-0.3, -0.25) is 4.90 Å². The van der Waals surface area contributed by atoms with E-state index in [2.05, 4.69) is 26.9 Å². The zero-order valence-corrected chi connectivity index (χ0v) is 12.0. The van der Waals surface area contributed by atoms with E-state index in [4.69, 9.17) is 5.26 Å². The van der Waals surface area contributed by atoms with Crippen LogP contribution in [-0.2, 0) is 0 Å². The number of pyridine rings is 1. The number of nitrogens with zero attached hydrogens (tertiary/aromatic N) is 5. The van der Waals surface area contributed by atoms with Crippen molar-refractivity contribution in [1.29, 1.82) is 10.5 Å². The fraction of sp³-hybridized carbons (Fsp3) is 0.533.